The van der Waals surface area contributed by atoms with Crippen LogP contribution in [0.1, 0.15) is 16.7 Å². The van der Waals surface area contributed by atoms with Crippen LogP contribution in [-0.4, -0.2) is 23.1 Å². The Morgan fingerprint density at radius 2 is 1.44 bits per heavy atom. The average Bonchev–Trinajstić information content (AvgIpc) is 2.44. The second-order valence-electron chi connectivity index (χ2n) is 5.83. The molecule has 0 heterocycles. The van der Waals surface area contributed by atoms with E-state index < -0.39 is 20.0 Å². The van der Waals surface area contributed by atoms with Gasteiger partial charge in [-0.1, -0.05) is 22.0 Å². The van der Waals surface area contributed by atoms with E-state index in [1.807, 2.05) is 0 Å². The maximum atomic E-state index is 12.9. The molecule has 2 aromatic carbocycles. The van der Waals surface area contributed by atoms with Gasteiger partial charge in [-0.2, -0.15) is 0 Å². The molecule has 6 nitrogen and oxygen atoms in total. The average molecular weight is 447 g/mol. The zero-order valence-electron chi connectivity index (χ0n) is 14.2. The highest BCUT2D eigenvalue weighted by atomic mass is 79.9. The summed E-state index contributed by atoms with van der Waals surface area (Å²) in [6, 6.07) is 8.37. The van der Waals surface area contributed by atoms with Crippen molar-refractivity contribution in [3.63, 3.8) is 0 Å². The van der Waals surface area contributed by atoms with Crippen LogP contribution < -0.4 is 9.44 Å². The summed E-state index contributed by atoms with van der Waals surface area (Å²) >= 11 is 3.30. The number of nitrogens with one attached hydrogen (secondary N) is 2. The molecule has 0 bridgehead atoms. The molecule has 0 saturated carbocycles. The predicted octanol–water partition coefficient (Wildman–Crippen LogP) is 3.55. The van der Waals surface area contributed by atoms with Gasteiger partial charge in [-0.15, -0.1) is 0 Å². The highest BCUT2D eigenvalue weighted by Gasteiger charge is 2.24. The summed E-state index contributed by atoms with van der Waals surface area (Å²) in [6.45, 7) is 5.00. The van der Waals surface area contributed by atoms with E-state index in [1.165, 1.54) is 0 Å². The molecule has 0 spiro atoms. The second kappa shape index (κ2) is 6.97. The van der Waals surface area contributed by atoms with E-state index in [2.05, 4.69) is 25.4 Å². The van der Waals surface area contributed by atoms with Gasteiger partial charge in [0.2, 0.25) is 10.0 Å². The lowest BCUT2D eigenvalue weighted by Gasteiger charge is -2.18. The monoisotopic (exact) mass is 446 g/mol. The number of benzene rings is 2. The Labute approximate surface area is 156 Å². The standard InChI is InChI=1S/C16H19BrN2O4S2/c1-10-9-11(2)16(12(3)15(10)19-24(4,20)21)25(22,23)18-14-7-5-13(17)6-8-14/h5-9,18-19H,1-4H3. The van der Waals surface area contributed by atoms with Crippen molar-refractivity contribution in [3.8, 4) is 0 Å². The zero-order valence-corrected chi connectivity index (χ0v) is 17.4. The van der Waals surface area contributed by atoms with Crippen molar-refractivity contribution in [1.82, 2.24) is 0 Å². The Kier molecular flexibility index (Phi) is 5.50. The lowest BCUT2D eigenvalue weighted by Crippen LogP contribution is -2.19. The molecule has 0 aromatic heterocycles. The van der Waals surface area contributed by atoms with Crippen LogP contribution in [0.25, 0.3) is 0 Å². The highest BCUT2D eigenvalue weighted by molar-refractivity contribution is 9.10. The first-order valence-electron chi connectivity index (χ1n) is 7.27. The normalized spacial score (nSPS) is 12.0. The van der Waals surface area contributed by atoms with E-state index >= 15 is 0 Å². The van der Waals surface area contributed by atoms with E-state index in [9.17, 15) is 16.8 Å². The SMILES string of the molecule is Cc1cc(C)c(S(=O)(=O)Nc2ccc(Br)cc2)c(C)c1NS(C)(=O)=O. The fourth-order valence-electron chi connectivity index (χ4n) is 2.65. The zero-order chi connectivity index (χ0) is 19.0. The fourth-order valence-corrected chi connectivity index (χ4v) is 5.13. The van der Waals surface area contributed by atoms with Crippen molar-refractivity contribution in [2.24, 2.45) is 0 Å². The molecule has 2 N–H and O–H groups in total. The molecular weight excluding hydrogens is 428 g/mol. The van der Waals surface area contributed by atoms with E-state index in [0.29, 0.717) is 22.4 Å². The molecule has 0 unspecified atom stereocenters. The molecule has 9 heteroatoms. The first-order chi connectivity index (χ1) is 11.4. The molecule has 0 amide bonds. The molecule has 136 valence electrons. The van der Waals surface area contributed by atoms with Crippen molar-refractivity contribution < 1.29 is 16.8 Å². The Morgan fingerprint density at radius 1 is 0.880 bits per heavy atom. The molecule has 0 aliphatic heterocycles. The van der Waals surface area contributed by atoms with E-state index in [0.717, 1.165) is 10.7 Å². The largest absolute Gasteiger partial charge is 0.283 e. The highest BCUT2D eigenvalue weighted by Crippen LogP contribution is 2.32. The van der Waals surface area contributed by atoms with E-state index in [4.69, 9.17) is 0 Å². The number of rotatable bonds is 5. The van der Waals surface area contributed by atoms with Gasteiger partial charge in [0.1, 0.15) is 0 Å². The number of sulfonamides is 2. The van der Waals surface area contributed by atoms with Crippen LogP contribution in [-0.2, 0) is 20.0 Å². The van der Waals surface area contributed by atoms with Crippen molar-refractivity contribution in [2.75, 3.05) is 15.7 Å². The first kappa shape index (κ1) is 19.7. The van der Waals surface area contributed by atoms with Crippen LogP contribution in [0.3, 0.4) is 0 Å². The molecule has 0 fully saturated rings. The van der Waals surface area contributed by atoms with Crippen molar-refractivity contribution in [1.29, 1.82) is 0 Å². The van der Waals surface area contributed by atoms with Gasteiger partial charge in [0.05, 0.1) is 16.8 Å². The Hall–Kier alpha value is -1.58. The van der Waals surface area contributed by atoms with Gasteiger partial charge in [-0.05, 0) is 61.7 Å². The Morgan fingerprint density at radius 3 is 1.96 bits per heavy atom. The topological polar surface area (TPSA) is 92.3 Å². The predicted molar refractivity (Wildman–Crippen MR) is 104 cm³/mol. The summed E-state index contributed by atoms with van der Waals surface area (Å²) in [7, 11) is -7.41. The van der Waals surface area contributed by atoms with Crippen LogP contribution >= 0.6 is 15.9 Å². The minimum absolute atomic E-state index is 0.0622. The second-order valence-corrected chi connectivity index (χ2v) is 10.1. The van der Waals surface area contributed by atoms with Gasteiger partial charge in [-0.25, -0.2) is 16.8 Å². The smallest absolute Gasteiger partial charge is 0.262 e. The van der Waals surface area contributed by atoms with Crippen LogP contribution in [0.2, 0.25) is 0 Å². The molecule has 2 rings (SSSR count). The third-order valence-corrected chi connectivity index (χ3v) is 6.33. The van der Waals surface area contributed by atoms with Crippen molar-refractivity contribution >= 4 is 47.4 Å². The maximum Gasteiger partial charge on any atom is 0.262 e. The van der Waals surface area contributed by atoms with Crippen LogP contribution in [0, 0.1) is 20.8 Å². The Balaban J connectivity index is 2.57. The molecule has 0 radical (unpaired) electrons. The van der Waals surface area contributed by atoms with Crippen molar-refractivity contribution in [3.05, 3.63) is 51.5 Å². The summed E-state index contributed by atoms with van der Waals surface area (Å²) in [5, 5.41) is 0. The molecule has 0 saturated heterocycles. The van der Waals surface area contributed by atoms with Gasteiger partial charge in [0.25, 0.3) is 10.0 Å². The molecule has 0 atom stereocenters. The fraction of sp³-hybridized carbons (Fsp3) is 0.250. The third-order valence-electron chi connectivity index (χ3n) is 3.55. The van der Waals surface area contributed by atoms with Crippen LogP contribution in [0.4, 0.5) is 11.4 Å². The summed E-state index contributed by atoms with van der Waals surface area (Å²) in [5.41, 5.74) is 2.25. The Bertz CT molecular complexity index is 1020. The van der Waals surface area contributed by atoms with E-state index in [-0.39, 0.29) is 10.6 Å². The summed E-state index contributed by atoms with van der Waals surface area (Å²) in [4.78, 5) is 0.0622. The minimum atomic E-state index is -3.88. The number of hydrogen-bond donors (Lipinski definition) is 2. The lowest BCUT2D eigenvalue weighted by atomic mass is 10.1. The number of anilines is 2. The van der Waals surface area contributed by atoms with Crippen LogP contribution in [0.5, 0.6) is 0 Å². The maximum absolute atomic E-state index is 12.9. The molecule has 0 aliphatic carbocycles. The van der Waals surface area contributed by atoms with Crippen molar-refractivity contribution in [2.45, 2.75) is 25.7 Å². The first-order valence-corrected chi connectivity index (χ1v) is 11.4. The molecule has 25 heavy (non-hydrogen) atoms. The number of hydrogen-bond acceptors (Lipinski definition) is 4. The van der Waals surface area contributed by atoms with Crippen LogP contribution in [0.15, 0.2) is 39.7 Å². The quantitative estimate of drug-likeness (QED) is 0.734. The minimum Gasteiger partial charge on any atom is -0.283 e. The van der Waals surface area contributed by atoms with Gasteiger partial charge in [0, 0.05) is 10.2 Å². The van der Waals surface area contributed by atoms with Gasteiger partial charge in [-0.3, -0.25) is 9.44 Å². The summed E-state index contributed by atoms with van der Waals surface area (Å²) in [6.07, 6.45) is 1.03. The molecule has 2 aromatic rings. The molecule has 0 aliphatic rings. The molecular formula is C16H19BrN2O4S2. The van der Waals surface area contributed by atoms with Gasteiger partial charge < -0.3 is 0 Å². The number of aryl methyl sites for hydroxylation is 2. The number of halogens is 1. The van der Waals surface area contributed by atoms with Gasteiger partial charge in [0.15, 0.2) is 0 Å². The summed E-state index contributed by atoms with van der Waals surface area (Å²) in [5.74, 6) is 0. The lowest BCUT2D eigenvalue weighted by molar-refractivity contribution is 0.599. The van der Waals surface area contributed by atoms with Gasteiger partial charge >= 0.3 is 0 Å². The summed E-state index contributed by atoms with van der Waals surface area (Å²) < 4.78 is 54.7. The third kappa shape index (κ3) is 4.74. The van der Waals surface area contributed by atoms with E-state index in [1.54, 1.807) is 51.1 Å².